The van der Waals surface area contributed by atoms with E-state index in [-0.39, 0.29) is 29.3 Å². The molecule has 1 saturated heterocycles. The van der Waals surface area contributed by atoms with Gasteiger partial charge in [0.25, 0.3) is 5.56 Å². The maximum Gasteiger partial charge on any atom is 0.264 e. The van der Waals surface area contributed by atoms with Crippen LogP contribution in [0.2, 0.25) is 0 Å². The number of aromatic nitrogens is 4. The summed E-state index contributed by atoms with van der Waals surface area (Å²) in [5.41, 5.74) is 1.35. The molecule has 0 bridgehead atoms. The third-order valence-electron chi connectivity index (χ3n) is 5.39. The second-order valence-electron chi connectivity index (χ2n) is 7.54. The van der Waals surface area contributed by atoms with Crippen molar-refractivity contribution in [3.63, 3.8) is 0 Å². The zero-order valence-corrected chi connectivity index (χ0v) is 18.6. The van der Waals surface area contributed by atoms with Crippen LogP contribution in [0, 0.1) is 6.92 Å². The van der Waals surface area contributed by atoms with Crippen LogP contribution >= 0.6 is 0 Å². The van der Waals surface area contributed by atoms with Gasteiger partial charge in [-0.3, -0.25) is 18.8 Å². The quantitative estimate of drug-likeness (QED) is 0.567. The summed E-state index contributed by atoms with van der Waals surface area (Å²) < 4.78 is 35.3. The predicted molar refractivity (Wildman–Crippen MR) is 117 cm³/mol. The molecule has 3 heterocycles. The van der Waals surface area contributed by atoms with E-state index in [9.17, 15) is 18.0 Å². The smallest absolute Gasteiger partial charge is 0.264 e. The molecule has 2 aromatic heterocycles. The number of morpholine rings is 1. The molecule has 1 fully saturated rings. The second-order valence-corrected chi connectivity index (χ2v) is 9.48. The van der Waals surface area contributed by atoms with Crippen molar-refractivity contribution in [3.05, 3.63) is 46.6 Å². The van der Waals surface area contributed by atoms with Crippen molar-refractivity contribution in [1.82, 2.24) is 23.6 Å². The van der Waals surface area contributed by atoms with Gasteiger partial charge < -0.3 is 10.1 Å². The zero-order valence-electron chi connectivity index (χ0n) is 17.8. The summed E-state index contributed by atoms with van der Waals surface area (Å²) in [5, 5.41) is 7.16. The van der Waals surface area contributed by atoms with E-state index < -0.39 is 10.0 Å². The normalized spacial score (nSPS) is 15.2. The summed E-state index contributed by atoms with van der Waals surface area (Å²) in [5.74, 6) is -0.341. The topological polar surface area (TPSA) is 128 Å². The molecule has 1 amide bonds. The summed E-state index contributed by atoms with van der Waals surface area (Å²) in [6.45, 7) is 3.21. The fraction of sp³-hybridized carbons (Fsp3) is 0.400. The molecule has 0 atom stereocenters. The molecule has 32 heavy (non-hydrogen) atoms. The Morgan fingerprint density at radius 3 is 2.75 bits per heavy atom. The maximum absolute atomic E-state index is 12.9. The molecule has 0 spiro atoms. The van der Waals surface area contributed by atoms with Crippen LogP contribution in [0.15, 0.2) is 40.4 Å². The van der Waals surface area contributed by atoms with Crippen LogP contribution in [0.25, 0.3) is 11.0 Å². The molecule has 0 unspecified atom stereocenters. The van der Waals surface area contributed by atoms with E-state index >= 15 is 0 Å². The average Bonchev–Trinajstić information content (AvgIpc) is 3.17. The first kappa shape index (κ1) is 22.1. The Labute approximate surface area is 184 Å². The van der Waals surface area contributed by atoms with Gasteiger partial charge in [0.05, 0.1) is 30.6 Å². The molecular weight excluding hydrogens is 436 g/mol. The van der Waals surface area contributed by atoms with Gasteiger partial charge in [0.1, 0.15) is 5.39 Å². The number of hydrogen-bond donors (Lipinski definition) is 1. The van der Waals surface area contributed by atoms with E-state index in [1.54, 1.807) is 20.0 Å². The van der Waals surface area contributed by atoms with E-state index in [0.29, 0.717) is 43.0 Å². The number of sulfonamides is 1. The fourth-order valence-corrected chi connectivity index (χ4v) is 4.93. The highest BCUT2D eigenvalue weighted by Gasteiger charge is 2.27. The molecule has 1 aliphatic rings. The van der Waals surface area contributed by atoms with Gasteiger partial charge in [-0.1, -0.05) is 6.07 Å². The molecule has 0 saturated carbocycles. The molecule has 1 aliphatic heterocycles. The summed E-state index contributed by atoms with van der Waals surface area (Å²) in [6.07, 6.45) is 2.86. The lowest BCUT2D eigenvalue weighted by Crippen LogP contribution is -2.40. The van der Waals surface area contributed by atoms with Crippen molar-refractivity contribution in [2.75, 3.05) is 31.6 Å². The second kappa shape index (κ2) is 8.81. The lowest BCUT2D eigenvalue weighted by Gasteiger charge is -2.26. The van der Waals surface area contributed by atoms with Crippen molar-refractivity contribution in [2.24, 2.45) is 7.05 Å². The average molecular weight is 461 g/mol. The number of aryl methyl sites for hydroxylation is 3. The maximum atomic E-state index is 12.9. The number of nitrogens with one attached hydrogen (secondary N) is 1. The lowest BCUT2D eigenvalue weighted by atomic mass is 10.2. The number of hydrogen-bond acceptors (Lipinski definition) is 7. The molecule has 12 heteroatoms. The van der Waals surface area contributed by atoms with Crippen LogP contribution in [-0.2, 0) is 33.1 Å². The summed E-state index contributed by atoms with van der Waals surface area (Å²) in [7, 11) is -1.98. The lowest BCUT2D eigenvalue weighted by molar-refractivity contribution is -0.116. The minimum absolute atomic E-state index is 0.0211. The Hall–Kier alpha value is -3.09. The third kappa shape index (κ3) is 4.29. The zero-order chi connectivity index (χ0) is 22.9. The summed E-state index contributed by atoms with van der Waals surface area (Å²) in [6, 6.07) is 4.66. The third-order valence-corrected chi connectivity index (χ3v) is 7.28. The van der Waals surface area contributed by atoms with Gasteiger partial charge in [-0.05, 0) is 24.6 Å². The fourth-order valence-electron chi connectivity index (χ4n) is 3.49. The van der Waals surface area contributed by atoms with Gasteiger partial charge >= 0.3 is 0 Å². The number of rotatable bonds is 6. The van der Waals surface area contributed by atoms with E-state index in [0.717, 1.165) is 5.56 Å². The largest absolute Gasteiger partial charge is 0.379 e. The minimum atomic E-state index is -3.68. The number of fused-ring (bicyclic) bond motifs is 1. The first-order chi connectivity index (χ1) is 15.3. The molecule has 1 aromatic carbocycles. The minimum Gasteiger partial charge on any atom is -0.379 e. The van der Waals surface area contributed by atoms with Crippen LogP contribution in [0.3, 0.4) is 0 Å². The van der Waals surface area contributed by atoms with Crippen molar-refractivity contribution in [2.45, 2.75) is 24.8 Å². The van der Waals surface area contributed by atoms with Crippen LogP contribution in [-0.4, -0.2) is 64.3 Å². The number of benzene rings is 1. The first-order valence-corrected chi connectivity index (χ1v) is 11.6. The van der Waals surface area contributed by atoms with Gasteiger partial charge in [-0.15, -0.1) is 0 Å². The molecule has 11 nitrogen and oxygen atoms in total. The van der Waals surface area contributed by atoms with Crippen LogP contribution in [0.4, 0.5) is 5.69 Å². The molecule has 4 rings (SSSR count). The number of carbonyl (C=O) groups is 1. The Morgan fingerprint density at radius 1 is 1.25 bits per heavy atom. The van der Waals surface area contributed by atoms with Crippen molar-refractivity contribution in [3.8, 4) is 0 Å². The summed E-state index contributed by atoms with van der Waals surface area (Å²) >= 11 is 0. The number of carbonyl (C=O) groups excluding carboxylic acids is 1. The highest BCUT2D eigenvalue weighted by Crippen LogP contribution is 2.24. The molecular formula is C20H24N6O5S. The van der Waals surface area contributed by atoms with Gasteiger partial charge in [0, 0.05) is 38.8 Å². The molecule has 3 aromatic rings. The summed E-state index contributed by atoms with van der Waals surface area (Å²) in [4.78, 5) is 29.4. The van der Waals surface area contributed by atoms with Crippen LogP contribution in [0.1, 0.15) is 12.0 Å². The Kier molecular flexibility index (Phi) is 6.09. The van der Waals surface area contributed by atoms with Gasteiger partial charge in [0.2, 0.25) is 15.9 Å². The Balaban J connectivity index is 1.47. The molecule has 0 radical (unpaired) electrons. The van der Waals surface area contributed by atoms with Crippen molar-refractivity contribution >= 4 is 32.7 Å². The SMILES string of the molecule is Cc1ccc(S(=O)(=O)N2CCOCC2)cc1NC(=O)CCn1cnc2c(cnn2C)c1=O. The molecule has 1 N–H and O–H groups in total. The van der Waals surface area contributed by atoms with Crippen LogP contribution in [0.5, 0.6) is 0 Å². The first-order valence-electron chi connectivity index (χ1n) is 10.1. The number of anilines is 1. The van der Waals surface area contributed by atoms with Gasteiger partial charge in [0.15, 0.2) is 5.65 Å². The Morgan fingerprint density at radius 2 is 2.00 bits per heavy atom. The standard InChI is InChI=1S/C20H24N6O5S/c1-14-3-4-15(32(29,30)26-7-9-31-10-8-26)11-17(14)23-18(27)5-6-25-13-21-19-16(20(25)28)12-22-24(19)2/h3-4,11-13H,5-10H2,1-2H3,(H,23,27). The van der Waals surface area contributed by atoms with Gasteiger partial charge in [-0.25, -0.2) is 13.4 Å². The van der Waals surface area contributed by atoms with E-state index in [1.807, 2.05) is 0 Å². The van der Waals surface area contributed by atoms with Crippen molar-refractivity contribution < 1.29 is 17.9 Å². The van der Waals surface area contributed by atoms with E-state index in [4.69, 9.17) is 4.74 Å². The molecule has 170 valence electrons. The van der Waals surface area contributed by atoms with Gasteiger partial charge in [-0.2, -0.15) is 9.40 Å². The number of amides is 1. The number of ether oxygens (including phenoxy) is 1. The monoisotopic (exact) mass is 460 g/mol. The predicted octanol–water partition coefficient (Wildman–Crippen LogP) is 0.488. The van der Waals surface area contributed by atoms with E-state index in [1.165, 1.54) is 38.2 Å². The number of nitrogens with zero attached hydrogens (tertiary/aromatic N) is 5. The molecule has 0 aliphatic carbocycles. The highest BCUT2D eigenvalue weighted by molar-refractivity contribution is 7.89. The van der Waals surface area contributed by atoms with Crippen molar-refractivity contribution in [1.29, 1.82) is 0 Å². The van der Waals surface area contributed by atoms with E-state index in [2.05, 4.69) is 15.4 Å². The van der Waals surface area contributed by atoms with Crippen LogP contribution < -0.4 is 10.9 Å². The highest BCUT2D eigenvalue weighted by atomic mass is 32.2. The Bertz CT molecular complexity index is 1320.